The van der Waals surface area contributed by atoms with Crippen molar-refractivity contribution >= 4 is 34.2 Å². The van der Waals surface area contributed by atoms with E-state index in [1.807, 2.05) is 19.2 Å². The lowest BCUT2D eigenvalue weighted by molar-refractivity contribution is 0.354. The predicted octanol–water partition coefficient (Wildman–Crippen LogP) is 4.27. The van der Waals surface area contributed by atoms with E-state index in [9.17, 15) is 0 Å². The second-order valence-corrected chi connectivity index (χ2v) is 6.16. The maximum atomic E-state index is 6.42. The van der Waals surface area contributed by atoms with Crippen LogP contribution in [0.2, 0.25) is 5.02 Å². The highest BCUT2D eigenvalue weighted by Gasteiger charge is 2.19. The third-order valence-corrected chi connectivity index (χ3v) is 4.28. The molecule has 2 rings (SSSR count). The number of hydrogen-bond acceptors (Lipinski definition) is 3. The summed E-state index contributed by atoms with van der Waals surface area (Å²) in [5.74, 6) is 1.30. The molecule has 2 aromatic rings. The van der Waals surface area contributed by atoms with Gasteiger partial charge in [0.15, 0.2) is 11.5 Å². The van der Waals surface area contributed by atoms with Crippen molar-refractivity contribution in [1.82, 2.24) is 5.32 Å². The van der Waals surface area contributed by atoms with Crippen molar-refractivity contribution in [3.8, 4) is 11.5 Å². The van der Waals surface area contributed by atoms with Crippen molar-refractivity contribution in [2.45, 2.75) is 6.04 Å². The first kappa shape index (κ1) is 16.4. The Morgan fingerprint density at radius 3 is 2.33 bits per heavy atom. The quantitative estimate of drug-likeness (QED) is 0.737. The highest BCUT2D eigenvalue weighted by Crippen LogP contribution is 2.37. The summed E-state index contributed by atoms with van der Waals surface area (Å²) in [4.78, 5) is 0. The molecule has 2 aromatic carbocycles. The standard InChI is InChI=1S/C16H17ClINO2/c1-19-16(10-5-4-6-11(18)7-10)12-8-14(20-2)15(21-3)9-13(12)17/h4-9,16,19H,1-3H3. The average Bonchev–Trinajstić information content (AvgIpc) is 2.49. The molecular weight excluding hydrogens is 401 g/mol. The van der Waals surface area contributed by atoms with Crippen LogP contribution in [-0.2, 0) is 0 Å². The summed E-state index contributed by atoms with van der Waals surface area (Å²) in [6.45, 7) is 0. The first-order chi connectivity index (χ1) is 10.1. The first-order valence-corrected chi connectivity index (χ1v) is 7.90. The fraction of sp³-hybridized carbons (Fsp3) is 0.250. The van der Waals surface area contributed by atoms with E-state index in [0.29, 0.717) is 16.5 Å². The third kappa shape index (κ3) is 3.62. The minimum Gasteiger partial charge on any atom is -0.493 e. The van der Waals surface area contributed by atoms with Gasteiger partial charge in [0.05, 0.1) is 20.3 Å². The van der Waals surface area contributed by atoms with Crippen molar-refractivity contribution in [3.05, 3.63) is 56.1 Å². The molecule has 1 atom stereocenters. The molecule has 21 heavy (non-hydrogen) atoms. The van der Waals surface area contributed by atoms with E-state index < -0.39 is 0 Å². The molecule has 0 aliphatic carbocycles. The van der Waals surface area contributed by atoms with Crippen LogP contribution in [0.15, 0.2) is 36.4 Å². The lowest BCUT2D eigenvalue weighted by Crippen LogP contribution is -2.18. The third-order valence-electron chi connectivity index (χ3n) is 3.28. The van der Waals surface area contributed by atoms with Gasteiger partial charge in [-0.2, -0.15) is 0 Å². The van der Waals surface area contributed by atoms with Gasteiger partial charge in [0.2, 0.25) is 0 Å². The Balaban J connectivity index is 2.52. The van der Waals surface area contributed by atoms with Crippen LogP contribution in [0.3, 0.4) is 0 Å². The minimum atomic E-state index is -0.00739. The Hall–Kier alpha value is -0.980. The largest absolute Gasteiger partial charge is 0.493 e. The summed E-state index contributed by atoms with van der Waals surface area (Å²) in [5, 5.41) is 3.95. The van der Waals surface area contributed by atoms with Gasteiger partial charge >= 0.3 is 0 Å². The van der Waals surface area contributed by atoms with E-state index in [4.69, 9.17) is 21.1 Å². The summed E-state index contributed by atoms with van der Waals surface area (Å²) in [5.41, 5.74) is 2.11. The van der Waals surface area contributed by atoms with Crippen LogP contribution < -0.4 is 14.8 Å². The Morgan fingerprint density at radius 2 is 1.76 bits per heavy atom. The summed E-state index contributed by atoms with van der Waals surface area (Å²) in [6.07, 6.45) is 0. The van der Waals surface area contributed by atoms with Gasteiger partial charge in [-0.05, 0) is 59.0 Å². The van der Waals surface area contributed by atoms with Crippen molar-refractivity contribution < 1.29 is 9.47 Å². The summed E-state index contributed by atoms with van der Waals surface area (Å²) in [6, 6.07) is 12.0. The summed E-state index contributed by atoms with van der Waals surface area (Å²) >= 11 is 8.73. The Morgan fingerprint density at radius 1 is 1.10 bits per heavy atom. The smallest absolute Gasteiger partial charge is 0.162 e. The Bertz CT molecular complexity index is 634. The molecule has 0 spiro atoms. The molecule has 0 saturated carbocycles. The molecule has 0 bridgehead atoms. The van der Waals surface area contributed by atoms with Crippen molar-refractivity contribution in [2.24, 2.45) is 0 Å². The van der Waals surface area contributed by atoms with E-state index in [1.165, 1.54) is 3.57 Å². The lowest BCUT2D eigenvalue weighted by atomic mass is 9.98. The van der Waals surface area contributed by atoms with E-state index in [0.717, 1.165) is 11.1 Å². The molecule has 0 saturated heterocycles. The van der Waals surface area contributed by atoms with Crippen molar-refractivity contribution in [1.29, 1.82) is 0 Å². The maximum Gasteiger partial charge on any atom is 0.162 e. The van der Waals surface area contributed by atoms with Gasteiger partial charge in [-0.25, -0.2) is 0 Å². The average molecular weight is 418 g/mol. The van der Waals surface area contributed by atoms with E-state index >= 15 is 0 Å². The molecule has 5 heteroatoms. The second-order valence-electron chi connectivity index (χ2n) is 4.51. The van der Waals surface area contributed by atoms with Gasteiger partial charge < -0.3 is 14.8 Å². The predicted molar refractivity (Wildman–Crippen MR) is 94.6 cm³/mol. The van der Waals surface area contributed by atoms with Crippen LogP contribution in [0.5, 0.6) is 11.5 Å². The van der Waals surface area contributed by atoms with Gasteiger partial charge in [0.25, 0.3) is 0 Å². The van der Waals surface area contributed by atoms with Gasteiger partial charge in [0, 0.05) is 14.7 Å². The molecule has 0 fully saturated rings. The molecule has 1 N–H and O–H groups in total. The normalized spacial score (nSPS) is 12.0. The Labute approximate surface area is 143 Å². The topological polar surface area (TPSA) is 30.5 Å². The molecule has 1 unspecified atom stereocenters. The van der Waals surface area contributed by atoms with E-state index in [1.54, 1.807) is 20.3 Å². The van der Waals surface area contributed by atoms with E-state index in [-0.39, 0.29) is 6.04 Å². The molecule has 0 radical (unpaired) electrons. The number of benzene rings is 2. The van der Waals surface area contributed by atoms with Gasteiger partial charge in [-0.3, -0.25) is 0 Å². The molecule has 0 aliphatic heterocycles. The monoisotopic (exact) mass is 417 g/mol. The van der Waals surface area contributed by atoms with Crippen molar-refractivity contribution in [2.75, 3.05) is 21.3 Å². The van der Waals surface area contributed by atoms with Crippen LogP contribution in [0, 0.1) is 3.57 Å². The lowest BCUT2D eigenvalue weighted by Gasteiger charge is -2.20. The molecule has 0 aromatic heterocycles. The summed E-state index contributed by atoms with van der Waals surface area (Å²) in [7, 11) is 5.13. The van der Waals surface area contributed by atoms with Gasteiger partial charge in [0.1, 0.15) is 0 Å². The highest BCUT2D eigenvalue weighted by molar-refractivity contribution is 14.1. The molecule has 0 amide bonds. The zero-order chi connectivity index (χ0) is 15.4. The van der Waals surface area contributed by atoms with Crippen LogP contribution in [0.4, 0.5) is 0 Å². The van der Waals surface area contributed by atoms with Crippen LogP contribution in [-0.4, -0.2) is 21.3 Å². The zero-order valence-electron chi connectivity index (χ0n) is 12.1. The molecule has 0 aliphatic rings. The zero-order valence-corrected chi connectivity index (χ0v) is 15.0. The second kappa shape index (κ2) is 7.33. The number of halogens is 2. The maximum absolute atomic E-state index is 6.42. The fourth-order valence-corrected chi connectivity index (χ4v) is 3.11. The first-order valence-electron chi connectivity index (χ1n) is 6.44. The molecule has 3 nitrogen and oxygen atoms in total. The SMILES string of the molecule is CNC(c1cccc(I)c1)c1cc(OC)c(OC)cc1Cl. The molecule has 112 valence electrons. The fourth-order valence-electron chi connectivity index (χ4n) is 2.28. The van der Waals surface area contributed by atoms with E-state index in [2.05, 4.69) is 46.1 Å². The van der Waals surface area contributed by atoms with Crippen molar-refractivity contribution in [3.63, 3.8) is 0 Å². The van der Waals surface area contributed by atoms with Gasteiger partial charge in [-0.15, -0.1) is 0 Å². The molecule has 0 heterocycles. The van der Waals surface area contributed by atoms with Gasteiger partial charge in [-0.1, -0.05) is 23.7 Å². The molecular formula is C16H17ClINO2. The minimum absolute atomic E-state index is 0.00739. The number of rotatable bonds is 5. The number of methoxy groups -OCH3 is 2. The number of ether oxygens (including phenoxy) is 2. The summed E-state index contributed by atoms with van der Waals surface area (Å²) < 4.78 is 11.8. The number of hydrogen-bond donors (Lipinski definition) is 1. The van der Waals surface area contributed by atoms with Crippen LogP contribution >= 0.6 is 34.2 Å². The highest BCUT2D eigenvalue weighted by atomic mass is 127. The van der Waals surface area contributed by atoms with Crippen LogP contribution in [0.25, 0.3) is 0 Å². The Kier molecular flexibility index (Phi) is 5.72. The number of nitrogens with one attached hydrogen (secondary N) is 1. The van der Waals surface area contributed by atoms with Crippen LogP contribution in [0.1, 0.15) is 17.2 Å².